The number of nitriles is 1. The van der Waals surface area contributed by atoms with Gasteiger partial charge in [-0.05, 0) is 51.2 Å². The van der Waals surface area contributed by atoms with Crippen molar-refractivity contribution in [1.82, 2.24) is 4.90 Å². The number of ether oxygens (including phenoxy) is 2. The molecule has 0 fully saturated rings. The van der Waals surface area contributed by atoms with Gasteiger partial charge in [-0.25, -0.2) is 9.18 Å². The molecule has 1 aliphatic heterocycles. The molecule has 0 radical (unpaired) electrons. The Morgan fingerprint density at radius 1 is 1.42 bits per heavy atom. The highest BCUT2D eigenvalue weighted by atomic mass is 19.1. The Balaban J connectivity index is 2.64. The van der Waals surface area contributed by atoms with Gasteiger partial charge in [0, 0.05) is 6.54 Å². The third-order valence-corrected chi connectivity index (χ3v) is 3.91. The Kier molecular flexibility index (Phi) is 6.01. The van der Waals surface area contributed by atoms with E-state index >= 15 is 0 Å². The van der Waals surface area contributed by atoms with Crippen LogP contribution in [-0.4, -0.2) is 31.6 Å². The van der Waals surface area contributed by atoms with Crippen LogP contribution in [0.2, 0.25) is 0 Å². The number of allylic oxidation sites excluding steroid dienone is 2. The van der Waals surface area contributed by atoms with E-state index < -0.39 is 17.7 Å². The minimum atomic E-state index is -0.843. The Labute approximate surface area is 152 Å². The number of halogens is 1. The number of carbonyl (C=O) groups is 1. The van der Waals surface area contributed by atoms with E-state index in [9.17, 15) is 14.4 Å². The van der Waals surface area contributed by atoms with Crippen LogP contribution >= 0.6 is 0 Å². The molecule has 1 aromatic carbocycles. The van der Waals surface area contributed by atoms with Crippen molar-refractivity contribution in [2.75, 3.05) is 20.7 Å². The summed E-state index contributed by atoms with van der Waals surface area (Å²) in [5, 5.41) is 9.55. The fraction of sp³-hybridized carbons (Fsp3) is 0.368. The lowest BCUT2D eigenvalue weighted by atomic mass is 9.82. The van der Waals surface area contributed by atoms with Gasteiger partial charge in [0.05, 0.1) is 18.1 Å². The molecule has 0 aromatic heterocycles. The van der Waals surface area contributed by atoms with Crippen LogP contribution in [-0.2, 0) is 20.8 Å². The number of nitrogens with zero attached hydrogens (tertiary/aromatic N) is 2. The van der Waals surface area contributed by atoms with Crippen molar-refractivity contribution >= 4 is 5.97 Å². The smallest absolute Gasteiger partial charge is 0.338 e. The molecule has 0 saturated carbocycles. The van der Waals surface area contributed by atoms with Crippen molar-refractivity contribution in [3.8, 4) is 6.07 Å². The summed E-state index contributed by atoms with van der Waals surface area (Å²) in [7, 11) is 3.73. The van der Waals surface area contributed by atoms with E-state index in [4.69, 9.17) is 15.2 Å². The summed E-state index contributed by atoms with van der Waals surface area (Å²) in [6, 6.07) is 6.46. The van der Waals surface area contributed by atoms with Crippen molar-refractivity contribution in [2.24, 2.45) is 5.73 Å². The van der Waals surface area contributed by atoms with Crippen LogP contribution < -0.4 is 5.73 Å². The summed E-state index contributed by atoms with van der Waals surface area (Å²) in [4.78, 5) is 14.4. The summed E-state index contributed by atoms with van der Waals surface area (Å²) in [6.45, 7) is 3.92. The van der Waals surface area contributed by atoms with Crippen molar-refractivity contribution in [1.29, 1.82) is 5.26 Å². The maximum Gasteiger partial charge on any atom is 0.338 e. The maximum atomic E-state index is 14.2. The average molecular weight is 359 g/mol. The number of rotatable bonds is 5. The van der Waals surface area contributed by atoms with Crippen LogP contribution in [0.25, 0.3) is 0 Å². The van der Waals surface area contributed by atoms with Crippen LogP contribution in [0.4, 0.5) is 4.39 Å². The largest absolute Gasteiger partial charge is 0.463 e. The molecule has 2 rings (SSSR count). The van der Waals surface area contributed by atoms with Crippen LogP contribution in [0, 0.1) is 17.1 Å². The number of nitrogens with two attached hydrogens (primary N) is 1. The van der Waals surface area contributed by atoms with E-state index in [0.29, 0.717) is 17.7 Å². The highest BCUT2D eigenvalue weighted by molar-refractivity contribution is 5.92. The van der Waals surface area contributed by atoms with E-state index in [0.717, 1.165) is 0 Å². The molecule has 1 heterocycles. The molecule has 0 bridgehead atoms. The van der Waals surface area contributed by atoms with Gasteiger partial charge in [-0.15, -0.1) is 0 Å². The van der Waals surface area contributed by atoms with Gasteiger partial charge in [0.15, 0.2) is 0 Å². The zero-order valence-corrected chi connectivity index (χ0v) is 15.3. The summed E-state index contributed by atoms with van der Waals surface area (Å²) >= 11 is 0. The fourth-order valence-corrected chi connectivity index (χ4v) is 2.99. The molecule has 6 nitrogen and oxygen atoms in total. The maximum absolute atomic E-state index is 14.2. The van der Waals surface area contributed by atoms with Crippen molar-refractivity contribution in [3.63, 3.8) is 0 Å². The second-order valence-corrected chi connectivity index (χ2v) is 6.25. The summed E-state index contributed by atoms with van der Waals surface area (Å²) in [5.74, 6) is -1.77. The van der Waals surface area contributed by atoms with Crippen molar-refractivity contribution in [3.05, 3.63) is 57.9 Å². The van der Waals surface area contributed by atoms with Crippen molar-refractivity contribution in [2.45, 2.75) is 26.3 Å². The highest BCUT2D eigenvalue weighted by Gasteiger charge is 2.36. The van der Waals surface area contributed by atoms with Gasteiger partial charge in [0.1, 0.15) is 23.2 Å². The molecule has 0 amide bonds. The van der Waals surface area contributed by atoms with E-state index in [1.165, 1.54) is 12.1 Å². The van der Waals surface area contributed by atoms with Crippen LogP contribution in [0.5, 0.6) is 0 Å². The predicted molar refractivity (Wildman–Crippen MR) is 93.8 cm³/mol. The minimum Gasteiger partial charge on any atom is -0.463 e. The summed E-state index contributed by atoms with van der Waals surface area (Å²) < 4.78 is 24.7. The number of benzene rings is 1. The molecule has 138 valence electrons. The SMILES string of the molecule is CCOC(=O)C1=C(C)OC(N)=C(C#N)C1c1cc(F)cc(CN(C)C)c1. The van der Waals surface area contributed by atoms with Gasteiger partial charge < -0.3 is 20.1 Å². The molecule has 1 unspecified atom stereocenters. The molecule has 0 spiro atoms. The molecule has 1 atom stereocenters. The summed E-state index contributed by atoms with van der Waals surface area (Å²) in [6.07, 6.45) is 0. The summed E-state index contributed by atoms with van der Waals surface area (Å²) in [5.41, 5.74) is 7.22. The Morgan fingerprint density at radius 2 is 2.12 bits per heavy atom. The highest BCUT2D eigenvalue weighted by Crippen LogP contribution is 2.40. The van der Waals surface area contributed by atoms with E-state index in [-0.39, 0.29) is 29.4 Å². The first-order chi connectivity index (χ1) is 12.3. The Hall–Kier alpha value is -2.85. The lowest BCUT2D eigenvalue weighted by Crippen LogP contribution is -2.25. The third kappa shape index (κ3) is 4.03. The van der Waals surface area contributed by atoms with E-state index in [1.54, 1.807) is 19.9 Å². The lowest BCUT2D eigenvalue weighted by Gasteiger charge is -2.27. The molecule has 0 aliphatic carbocycles. The monoisotopic (exact) mass is 359 g/mol. The number of hydrogen-bond donors (Lipinski definition) is 1. The average Bonchev–Trinajstić information content (AvgIpc) is 2.53. The van der Waals surface area contributed by atoms with E-state index in [2.05, 4.69) is 0 Å². The number of hydrogen-bond acceptors (Lipinski definition) is 6. The van der Waals surface area contributed by atoms with Gasteiger partial charge in [-0.2, -0.15) is 5.26 Å². The fourth-order valence-electron chi connectivity index (χ4n) is 2.99. The van der Waals surface area contributed by atoms with Gasteiger partial charge in [0.2, 0.25) is 5.88 Å². The first kappa shape index (κ1) is 19.5. The topological polar surface area (TPSA) is 88.6 Å². The molecular weight excluding hydrogens is 337 g/mol. The van der Waals surface area contributed by atoms with Crippen LogP contribution in [0.3, 0.4) is 0 Å². The van der Waals surface area contributed by atoms with E-state index in [1.807, 2.05) is 25.1 Å². The standard InChI is InChI=1S/C19H22FN3O3/c1-5-25-19(24)16-11(2)26-18(22)15(9-21)17(16)13-6-12(10-23(3)4)7-14(20)8-13/h6-8,17H,5,10,22H2,1-4H3. The second kappa shape index (κ2) is 8.02. The van der Waals surface area contributed by atoms with Crippen LogP contribution in [0.15, 0.2) is 41.0 Å². The number of carbonyl (C=O) groups excluding carboxylic acids is 1. The van der Waals surface area contributed by atoms with Crippen LogP contribution in [0.1, 0.15) is 30.9 Å². The Morgan fingerprint density at radius 3 is 2.69 bits per heavy atom. The molecular formula is C19H22FN3O3. The van der Waals surface area contributed by atoms with Gasteiger partial charge in [-0.3, -0.25) is 0 Å². The number of esters is 1. The second-order valence-electron chi connectivity index (χ2n) is 6.25. The molecule has 1 aromatic rings. The van der Waals surface area contributed by atoms with Gasteiger partial charge in [-0.1, -0.05) is 6.07 Å². The first-order valence-electron chi connectivity index (χ1n) is 8.18. The van der Waals surface area contributed by atoms with Gasteiger partial charge >= 0.3 is 5.97 Å². The lowest BCUT2D eigenvalue weighted by molar-refractivity contribution is -0.139. The molecule has 26 heavy (non-hydrogen) atoms. The minimum absolute atomic E-state index is 0.0556. The molecule has 0 saturated heterocycles. The third-order valence-electron chi connectivity index (χ3n) is 3.91. The molecule has 1 aliphatic rings. The predicted octanol–water partition coefficient (Wildman–Crippen LogP) is 2.53. The Bertz CT molecular complexity index is 822. The normalized spacial score (nSPS) is 17.2. The zero-order valence-electron chi connectivity index (χ0n) is 15.3. The quantitative estimate of drug-likeness (QED) is 0.813. The van der Waals surface area contributed by atoms with Gasteiger partial charge in [0.25, 0.3) is 0 Å². The molecule has 2 N–H and O–H groups in total. The van der Waals surface area contributed by atoms with Crippen molar-refractivity contribution < 1.29 is 18.7 Å². The first-order valence-corrected chi connectivity index (χ1v) is 8.18. The molecule has 7 heteroatoms. The zero-order chi connectivity index (χ0) is 19.4.